The smallest absolute Gasteiger partial charge is 0.410 e. The second kappa shape index (κ2) is 7.70. The van der Waals surface area contributed by atoms with Gasteiger partial charge in [-0.3, -0.25) is 4.90 Å². The summed E-state index contributed by atoms with van der Waals surface area (Å²) in [5, 5.41) is 0.539. The Hall–Kier alpha value is -2.14. The molecule has 1 saturated heterocycles. The summed E-state index contributed by atoms with van der Waals surface area (Å²) >= 11 is 6.54. The standard InChI is InChI=1S/C22H26ClN3O2/c1-22(2)11-10-17-16(13-22)19(23)25-20(24-17)18-9-6-12-26(18)21(27)28-14-15-7-4-3-5-8-15/h3-5,7-8,18H,6,9-14H2,1-2H3/t18-/m1/s1. The molecule has 1 amide bonds. The van der Waals surface area contributed by atoms with Crippen molar-refractivity contribution in [3.05, 3.63) is 58.1 Å². The van der Waals surface area contributed by atoms with Crippen LogP contribution in [0.15, 0.2) is 30.3 Å². The molecular weight excluding hydrogens is 374 g/mol. The molecule has 0 bridgehead atoms. The molecule has 0 unspecified atom stereocenters. The number of carbonyl (C=O) groups excluding carboxylic acids is 1. The number of ether oxygens (including phenoxy) is 1. The maximum Gasteiger partial charge on any atom is 0.410 e. The zero-order valence-corrected chi connectivity index (χ0v) is 17.2. The Kier molecular flexibility index (Phi) is 5.28. The minimum absolute atomic E-state index is 0.166. The van der Waals surface area contributed by atoms with E-state index in [1.807, 2.05) is 30.3 Å². The average Bonchev–Trinajstić information content (AvgIpc) is 3.17. The van der Waals surface area contributed by atoms with Gasteiger partial charge >= 0.3 is 6.09 Å². The first-order valence-electron chi connectivity index (χ1n) is 9.95. The summed E-state index contributed by atoms with van der Waals surface area (Å²) in [6.45, 7) is 5.43. The van der Waals surface area contributed by atoms with Crippen molar-refractivity contribution in [3.63, 3.8) is 0 Å². The lowest BCUT2D eigenvalue weighted by Gasteiger charge is -2.31. The van der Waals surface area contributed by atoms with Crippen LogP contribution < -0.4 is 0 Å². The number of rotatable bonds is 3. The van der Waals surface area contributed by atoms with Gasteiger partial charge in [-0.15, -0.1) is 0 Å². The molecule has 148 valence electrons. The van der Waals surface area contributed by atoms with Crippen LogP contribution in [0.1, 0.15) is 61.8 Å². The Morgan fingerprint density at radius 1 is 1.29 bits per heavy atom. The quantitative estimate of drug-likeness (QED) is 0.672. The van der Waals surface area contributed by atoms with Crippen molar-refractivity contribution in [1.82, 2.24) is 14.9 Å². The molecule has 4 rings (SSSR count). The molecule has 0 saturated carbocycles. The summed E-state index contributed by atoms with van der Waals surface area (Å²) in [7, 11) is 0. The lowest BCUT2D eigenvalue weighted by atomic mass is 9.76. The van der Waals surface area contributed by atoms with Crippen molar-refractivity contribution in [2.24, 2.45) is 5.41 Å². The van der Waals surface area contributed by atoms with E-state index in [1.165, 1.54) is 0 Å². The highest BCUT2D eigenvalue weighted by atomic mass is 35.5. The summed E-state index contributed by atoms with van der Waals surface area (Å²) in [5.74, 6) is 0.651. The van der Waals surface area contributed by atoms with Crippen LogP contribution >= 0.6 is 11.6 Å². The van der Waals surface area contributed by atoms with E-state index in [4.69, 9.17) is 21.3 Å². The van der Waals surface area contributed by atoms with Gasteiger partial charge in [0.25, 0.3) is 0 Å². The molecule has 1 aliphatic heterocycles. The van der Waals surface area contributed by atoms with Crippen LogP contribution in [0.5, 0.6) is 0 Å². The number of likely N-dealkylation sites (tertiary alicyclic amines) is 1. The van der Waals surface area contributed by atoms with E-state index in [0.717, 1.165) is 48.9 Å². The Labute approximate surface area is 171 Å². The van der Waals surface area contributed by atoms with Crippen LogP contribution in [0, 0.1) is 5.41 Å². The molecule has 1 aromatic carbocycles. The largest absolute Gasteiger partial charge is 0.445 e. The highest BCUT2D eigenvalue weighted by Gasteiger charge is 2.35. The van der Waals surface area contributed by atoms with E-state index in [9.17, 15) is 4.79 Å². The molecule has 1 fully saturated rings. The molecule has 0 radical (unpaired) electrons. The molecule has 1 aliphatic carbocycles. The minimum Gasteiger partial charge on any atom is -0.445 e. The van der Waals surface area contributed by atoms with Crippen LogP contribution in [-0.4, -0.2) is 27.5 Å². The van der Waals surface area contributed by atoms with Gasteiger partial charge in [0.05, 0.1) is 6.04 Å². The third kappa shape index (κ3) is 4.00. The molecule has 2 aliphatic rings. The first-order valence-corrected chi connectivity index (χ1v) is 10.3. The first-order chi connectivity index (χ1) is 13.4. The molecule has 2 aromatic rings. The Bertz CT molecular complexity index is 870. The first kappa shape index (κ1) is 19.2. The second-order valence-electron chi connectivity index (χ2n) is 8.53. The predicted molar refractivity (Wildman–Crippen MR) is 108 cm³/mol. The number of nitrogens with zero attached hydrogens (tertiary/aromatic N) is 3. The van der Waals surface area contributed by atoms with Crippen molar-refractivity contribution in [2.45, 2.75) is 58.6 Å². The lowest BCUT2D eigenvalue weighted by Crippen LogP contribution is -2.33. The number of amides is 1. The lowest BCUT2D eigenvalue weighted by molar-refractivity contribution is 0.0908. The van der Waals surface area contributed by atoms with Gasteiger partial charge in [0.2, 0.25) is 0 Å². The summed E-state index contributed by atoms with van der Waals surface area (Å²) in [5.41, 5.74) is 3.31. The molecule has 1 aromatic heterocycles. The molecule has 0 N–H and O–H groups in total. The zero-order chi connectivity index (χ0) is 19.7. The number of hydrogen-bond acceptors (Lipinski definition) is 4. The molecular formula is C22H26ClN3O2. The van der Waals surface area contributed by atoms with E-state index in [2.05, 4.69) is 18.8 Å². The van der Waals surface area contributed by atoms with Crippen molar-refractivity contribution in [3.8, 4) is 0 Å². The number of hydrogen-bond donors (Lipinski definition) is 0. The van der Waals surface area contributed by atoms with Crippen LogP contribution in [0.2, 0.25) is 5.15 Å². The summed E-state index contributed by atoms with van der Waals surface area (Å²) in [6, 6.07) is 9.55. The monoisotopic (exact) mass is 399 g/mol. The average molecular weight is 400 g/mol. The maximum absolute atomic E-state index is 12.7. The molecule has 5 nitrogen and oxygen atoms in total. The molecule has 28 heavy (non-hydrogen) atoms. The summed E-state index contributed by atoms with van der Waals surface area (Å²) < 4.78 is 5.53. The Morgan fingerprint density at radius 3 is 2.86 bits per heavy atom. The highest BCUT2D eigenvalue weighted by Crippen LogP contribution is 2.38. The minimum atomic E-state index is -0.315. The number of halogens is 1. The maximum atomic E-state index is 12.7. The number of fused-ring (bicyclic) bond motifs is 1. The van der Waals surface area contributed by atoms with Gasteiger partial charge in [0, 0.05) is 17.8 Å². The highest BCUT2D eigenvalue weighted by molar-refractivity contribution is 6.30. The van der Waals surface area contributed by atoms with Crippen LogP contribution in [-0.2, 0) is 24.2 Å². The van der Waals surface area contributed by atoms with Crippen molar-refractivity contribution in [1.29, 1.82) is 0 Å². The van der Waals surface area contributed by atoms with E-state index in [1.54, 1.807) is 4.90 Å². The van der Waals surface area contributed by atoms with Gasteiger partial charge in [-0.2, -0.15) is 0 Å². The van der Waals surface area contributed by atoms with E-state index >= 15 is 0 Å². The molecule has 0 spiro atoms. The third-order valence-corrected chi connectivity index (χ3v) is 6.06. The van der Waals surface area contributed by atoms with Crippen LogP contribution in [0.25, 0.3) is 0 Å². The summed E-state index contributed by atoms with van der Waals surface area (Å²) in [4.78, 5) is 23.8. The fourth-order valence-corrected chi connectivity index (χ4v) is 4.39. The van der Waals surface area contributed by atoms with Crippen molar-refractivity contribution < 1.29 is 9.53 Å². The van der Waals surface area contributed by atoms with Crippen LogP contribution in [0.3, 0.4) is 0 Å². The second-order valence-corrected chi connectivity index (χ2v) is 8.89. The molecule has 6 heteroatoms. The zero-order valence-electron chi connectivity index (χ0n) is 16.4. The third-order valence-electron chi connectivity index (χ3n) is 5.74. The Morgan fingerprint density at radius 2 is 2.07 bits per heavy atom. The van der Waals surface area contributed by atoms with Gasteiger partial charge in [-0.25, -0.2) is 14.8 Å². The van der Waals surface area contributed by atoms with Gasteiger partial charge in [-0.1, -0.05) is 55.8 Å². The predicted octanol–water partition coefficient (Wildman–Crippen LogP) is 5.12. The van der Waals surface area contributed by atoms with Crippen molar-refractivity contribution >= 4 is 17.7 Å². The molecule has 1 atom stereocenters. The fraction of sp³-hybridized carbons (Fsp3) is 0.500. The number of carbonyl (C=O) groups is 1. The van der Waals surface area contributed by atoms with Gasteiger partial charge in [-0.05, 0) is 43.1 Å². The van der Waals surface area contributed by atoms with E-state index in [0.29, 0.717) is 17.5 Å². The van der Waals surface area contributed by atoms with E-state index in [-0.39, 0.29) is 24.2 Å². The fourth-order valence-electron chi connectivity index (χ4n) is 4.13. The van der Waals surface area contributed by atoms with Gasteiger partial charge < -0.3 is 4.74 Å². The van der Waals surface area contributed by atoms with Gasteiger partial charge in [0.15, 0.2) is 5.82 Å². The topological polar surface area (TPSA) is 55.3 Å². The number of aryl methyl sites for hydroxylation is 1. The number of benzene rings is 1. The van der Waals surface area contributed by atoms with E-state index < -0.39 is 0 Å². The number of aromatic nitrogens is 2. The Balaban J connectivity index is 1.50. The molecule has 2 heterocycles. The van der Waals surface area contributed by atoms with Crippen LogP contribution in [0.4, 0.5) is 4.79 Å². The summed E-state index contributed by atoms with van der Waals surface area (Å²) in [6.07, 6.45) is 4.32. The SMILES string of the molecule is CC1(C)CCc2nc([C@H]3CCCN3C(=O)OCc3ccccc3)nc(Cl)c2C1. The van der Waals surface area contributed by atoms with Crippen molar-refractivity contribution in [2.75, 3.05) is 6.54 Å². The normalized spacial score (nSPS) is 20.7. The van der Waals surface area contributed by atoms with Gasteiger partial charge in [0.1, 0.15) is 11.8 Å².